The molecule has 1 saturated heterocycles. The van der Waals surface area contributed by atoms with Gasteiger partial charge in [-0.2, -0.15) is 0 Å². The zero-order chi connectivity index (χ0) is 18.3. The molecule has 0 aromatic carbocycles. The number of likely N-dealkylation sites (tertiary alicyclic amines) is 1. The van der Waals surface area contributed by atoms with Crippen molar-refractivity contribution >= 4 is 29.5 Å². The van der Waals surface area contributed by atoms with Crippen LogP contribution in [0.5, 0.6) is 0 Å². The lowest BCUT2D eigenvalue weighted by molar-refractivity contribution is -0.141. The van der Waals surface area contributed by atoms with E-state index in [1.54, 1.807) is 0 Å². The highest BCUT2D eigenvalue weighted by molar-refractivity contribution is 8.00. The summed E-state index contributed by atoms with van der Waals surface area (Å²) < 4.78 is 5.74. The summed E-state index contributed by atoms with van der Waals surface area (Å²) in [6, 6.07) is -0.0229. The highest BCUT2D eigenvalue weighted by atomic mass is 32.2. The van der Waals surface area contributed by atoms with E-state index < -0.39 is 5.97 Å². The molecular weight excluding hydrogens is 332 g/mol. The summed E-state index contributed by atoms with van der Waals surface area (Å²) in [4.78, 5) is 35.9. The fourth-order valence-corrected chi connectivity index (χ4v) is 3.71. The molecule has 8 heteroatoms. The summed E-state index contributed by atoms with van der Waals surface area (Å²) in [5.74, 6) is -0.632. The molecule has 1 fully saturated rings. The molecule has 1 heterocycles. The minimum atomic E-state index is -0.922. The number of ether oxygens (including phenoxy) is 1. The van der Waals surface area contributed by atoms with Gasteiger partial charge in [0.25, 0.3) is 0 Å². The number of carboxylic acid groups (broad SMARTS) is 1. The van der Waals surface area contributed by atoms with Crippen molar-refractivity contribution in [3.8, 4) is 0 Å². The number of nitrogens with two attached hydrogens (primary N) is 1. The number of aliphatic carboxylic acids is 1. The van der Waals surface area contributed by atoms with Gasteiger partial charge in [0, 0.05) is 25.4 Å². The minimum absolute atomic E-state index is 0.0229. The van der Waals surface area contributed by atoms with Gasteiger partial charge in [0.1, 0.15) is 0 Å². The van der Waals surface area contributed by atoms with E-state index in [0.717, 1.165) is 6.42 Å². The Morgan fingerprint density at radius 2 is 2.17 bits per heavy atom. The molecule has 0 aromatic rings. The van der Waals surface area contributed by atoms with Gasteiger partial charge in [-0.25, -0.2) is 0 Å². The van der Waals surface area contributed by atoms with Crippen LogP contribution >= 0.6 is 11.8 Å². The first kappa shape index (κ1) is 20.9. The fraction of sp³-hybridized carbons (Fsp3) is 0.812. The largest absolute Gasteiger partial charge is 0.481 e. The molecule has 1 rings (SSSR count). The van der Waals surface area contributed by atoms with E-state index in [-0.39, 0.29) is 48.1 Å². The first-order valence-corrected chi connectivity index (χ1v) is 9.24. The SMILES string of the molecule is CC(N)COC(C)(C)CCSC1CC(=O)N(CCCC(=O)O)C1=O. The molecule has 0 aromatic heterocycles. The quantitative estimate of drug-likeness (QED) is 0.533. The van der Waals surface area contributed by atoms with Gasteiger partial charge in [0.05, 0.1) is 17.5 Å². The Morgan fingerprint density at radius 3 is 2.75 bits per heavy atom. The van der Waals surface area contributed by atoms with E-state index in [9.17, 15) is 14.4 Å². The monoisotopic (exact) mass is 360 g/mol. The fourth-order valence-electron chi connectivity index (χ4n) is 2.28. The molecule has 2 amide bonds. The van der Waals surface area contributed by atoms with Gasteiger partial charge >= 0.3 is 5.97 Å². The lowest BCUT2D eigenvalue weighted by Crippen LogP contribution is -2.33. The molecule has 0 bridgehead atoms. The van der Waals surface area contributed by atoms with E-state index in [4.69, 9.17) is 15.6 Å². The van der Waals surface area contributed by atoms with E-state index >= 15 is 0 Å². The van der Waals surface area contributed by atoms with Crippen molar-refractivity contribution in [1.82, 2.24) is 4.90 Å². The summed E-state index contributed by atoms with van der Waals surface area (Å²) in [7, 11) is 0. The van der Waals surface area contributed by atoms with Gasteiger partial charge in [0.15, 0.2) is 0 Å². The molecular formula is C16H28N2O5S. The molecule has 3 N–H and O–H groups in total. The molecule has 1 aliphatic heterocycles. The Bertz CT molecular complexity index is 467. The first-order valence-electron chi connectivity index (χ1n) is 8.19. The molecule has 0 saturated carbocycles. The summed E-state index contributed by atoms with van der Waals surface area (Å²) in [5.41, 5.74) is 5.35. The maximum atomic E-state index is 12.3. The van der Waals surface area contributed by atoms with Crippen molar-refractivity contribution in [1.29, 1.82) is 0 Å². The Morgan fingerprint density at radius 1 is 1.50 bits per heavy atom. The standard InChI is InChI=1S/C16H28N2O5S/c1-11(17)10-23-16(2,3)6-8-24-12-9-13(19)18(15(12)22)7-4-5-14(20)21/h11-12H,4-10,17H2,1-3H3,(H,20,21). The molecule has 2 atom stereocenters. The van der Waals surface area contributed by atoms with Crippen molar-refractivity contribution in [3.63, 3.8) is 0 Å². The topological polar surface area (TPSA) is 110 Å². The summed E-state index contributed by atoms with van der Waals surface area (Å²) in [5, 5.41) is 8.26. The zero-order valence-electron chi connectivity index (χ0n) is 14.6. The molecule has 1 aliphatic rings. The lowest BCUT2D eigenvalue weighted by Gasteiger charge is -2.26. The number of hydrogen-bond acceptors (Lipinski definition) is 6. The zero-order valence-corrected chi connectivity index (χ0v) is 15.4. The van der Waals surface area contributed by atoms with E-state index in [1.165, 1.54) is 16.7 Å². The van der Waals surface area contributed by atoms with Crippen LogP contribution in [0.2, 0.25) is 0 Å². The summed E-state index contributed by atoms with van der Waals surface area (Å²) >= 11 is 1.46. The molecule has 0 spiro atoms. The van der Waals surface area contributed by atoms with Crippen LogP contribution in [0.15, 0.2) is 0 Å². The van der Waals surface area contributed by atoms with Crippen LogP contribution in [0.3, 0.4) is 0 Å². The number of carbonyl (C=O) groups is 3. The molecule has 7 nitrogen and oxygen atoms in total. The molecule has 24 heavy (non-hydrogen) atoms. The number of carbonyl (C=O) groups excluding carboxylic acids is 2. The van der Waals surface area contributed by atoms with Crippen LogP contribution in [0.4, 0.5) is 0 Å². The second-order valence-corrected chi connectivity index (χ2v) is 8.05. The third-order valence-electron chi connectivity index (χ3n) is 3.74. The first-order chi connectivity index (χ1) is 11.1. The Labute approximate surface area is 147 Å². The van der Waals surface area contributed by atoms with Gasteiger partial charge in [-0.1, -0.05) is 0 Å². The molecule has 0 radical (unpaired) electrons. The Balaban J connectivity index is 2.37. The number of nitrogens with zero attached hydrogens (tertiary/aromatic N) is 1. The third kappa shape index (κ3) is 7.19. The van der Waals surface area contributed by atoms with Crippen molar-refractivity contribution in [2.24, 2.45) is 5.73 Å². The second kappa shape index (κ2) is 9.39. The van der Waals surface area contributed by atoms with Crippen LogP contribution in [-0.2, 0) is 19.1 Å². The van der Waals surface area contributed by atoms with Crippen LogP contribution in [0.25, 0.3) is 0 Å². The number of thioether (sulfide) groups is 1. The predicted octanol–water partition coefficient (Wildman–Crippen LogP) is 1.24. The van der Waals surface area contributed by atoms with Crippen molar-refractivity contribution < 1.29 is 24.2 Å². The highest BCUT2D eigenvalue weighted by Crippen LogP contribution is 2.28. The van der Waals surface area contributed by atoms with E-state index in [1.807, 2.05) is 20.8 Å². The van der Waals surface area contributed by atoms with Crippen molar-refractivity contribution in [2.75, 3.05) is 18.9 Å². The van der Waals surface area contributed by atoms with Gasteiger partial charge in [-0.15, -0.1) is 11.8 Å². The van der Waals surface area contributed by atoms with Crippen LogP contribution in [-0.4, -0.2) is 63.6 Å². The number of rotatable bonds is 11. The Kier molecular flexibility index (Phi) is 8.18. The van der Waals surface area contributed by atoms with Gasteiger partial charge < -0.3 is 15.6 Å². The highest BCUT2D eigenvalue weighted by Gasteiger charge is 2.38. The number of hydrogen-bond donors (Lipinski definition) is 2. The van der Waals surface area contributed by atoms with Crippen LogP contribution < -0.4 is 5.73 Å². The number of carboxylic acids is 1. The van der Waals surface area contributed by atoms with Gasteiger partial charge in [-0.3, -0.25) is 19.3 Å². The maximum Gasteiger partial charge on any atom is 0.303 e. The average Bonchev–Trinajstić information content (AvgIpc) is 2.72. The maximum absolute atomic E-state index is 12.3. The lowest BCUT2D eigenvalue weighted by atomic mass is 10.1. The molecule has 138 valence electrons. The third-order valence-corrected chi connectivity index (χ3v) is 4.95. The predicted molar refractivity (Wildman–Crippen MR) is 92.8 cm³/mol. The molecule has 0 aliphatic carbocycles. The average molecular weight is 360 g/mol. The smallest absolute Gasteiger partial charge is 0.303 e. The number of amides is 2. The van der Waals surface area contributed by atoms with E-state index in [2.05, 4.69) is 0 Å². The van der Waals surface area contributed by atoms with Gasteiger partial charge in [-0.05, 0) is 39.4 Å². The van der Waals surface area contributed by atoms with Crippen molar-refractivity contribution in [2.45, 2.75) is 63.3 Å². The summed E-state index contributed by atoms with van der Waals surface area (Å²) in [6.45, 7) is 6.51. The van der Waals surface area contributed by atoms with Gasteiger partial charge in [0.2, 0.25) is 11.8 Å². The summed E-state index contributed by atoms with van der Waals surface area (Å²) in [6.07, 6.45) is 1.20. The van der Waals surface area contributed by atoms with E-state index in [0.29, 0.717) is 18.8 Å². The Hall–Kier alpha value is -1.12. The second-order valence-electron chi connectivity index (χ2n) is 6.74. The number of imide groups is 1. The molecule has 2 unspecified atom stereocenters. The van der Waals surface area contributed by atoms with Crippen LogP contribution in [0, 0.1) is 0 Å². The van der Waals surface area contributed by atoms with Crippen molar-refractivity contribution in [3.05, 3.63) is 0 Å². The minimum Gasteiger partial charge on any atom is -0.481 e. The normalized spacial score (nSPS) is 19.8. The van der Waals surface area contributed by atoms with Crippen LogP contribution in [0.1, 0.15) is 46.5 Å².